The van der Waals surface area contributed by atoms with E-state index >= 15 is 0 Å². The van der Waals surface area contributed by atoms with E-state index in [1.165, 1.54) is 20.3 Å². The average molecular weight is 545 g/mol. The molecule has 1 aliphatic heterocycles. The Morgan fingerprint density at radius 2 is 1.77 bits per heavy atom. The molecule has 1 heterocycles. The van der Waals surface area contributed by atoms with Crippen molar-refractivity contribution in [2.45, 2.75) is 32.0 Å². The fourth-order valence-electron chi connectivity index (χ4n) is 4.81. The van der Waals surface area contributed by atoms with Gasteiger partial charge in [-0.15, -0.1) is 0 Å². The van der Waals surface area contributed by atoms with Crippen LogP contribution in [0.2, 0.25) is 0 Å². The minimum absolute atomic E-state index is 0.306. The van der Waals surface area contributed by atoms with Gasteiger partial charge in [-0.3, -0.25) is 9.80 Å². The molecule has 0 radical (unpaired) electrons. The molecule has 0 spiro atoms. The number of aliphatic carboxylic acids is 1. The maximum Gasteiger partial charge on any atom is 0.431 e. The van der Waals surface area contributed by atoms with E-state index in [-0.39, 0.29) is 12.4 Å². The van der Waals surface area contributed by atoms with Gasteiger partial charge in [-0.25, -0.2) is 4.39 Å². The summed E-state index contributed by atoms with van der Waals surface area (Å²) in [6.45, 7) is 1.62. The Balaban J connectivity index is 1.57. The molecule has 0 bridgehead atoms. The standard InChI is InChI=1S/C29H28F4N2O4/c1-17-12-20(23-14-22(39-3)10-11-25(23)30)7-6-19(17)13-18-4-8-21(9-5-18)35-26(15-27(36)37)24(16-38-2)28(34-35)29(31,32)33/h4-12,14,24,26H,13,15-16H2,1-3H3,(H,36,37). The van der Waals surface area contributed by atoms with Crippen molar-refractivity contribution < 1.29 is 36.9 Å². The van der Waals surface area contributed by atoms with Crippen LogP contribution >= 0.6 is 0 Å². The Labute approximate surface area is 223 Å². The van der Waals surface area contributed by atoms with Crippen LogP contribution < -0.4 is 9.75 Å². The Morgan fingerprint density at radius 1 is 1.05 bits per heavy atom. The van der Waals surface area contributed by atoms with E-state index in [0.717, 1.165) is 21.7 Å². The van der Waals surface area contributed by atoms with Crippen LogP contribution in [0, 0.1) is 18.7 Å². The molecule has 39 heavy (non-hydrogen) atoms. The number of carboxylic acid groups (broad SMARTS) is 1. The number of rotatable bonds is 9. The lowest BCUT2D eigenvalue weighted by atomic mass is 9.93. The van der Waals surface area contributed by atoms with Crippen LogP contribution in [0.15, 0.2) is 65.8 Å². The Bertz CT molecular complexity index is 1370. The SMILES string of the molecule is COCC1C(C(F)(F)F)=NN(c2ccc(Cc3ccc(-c4cc(OC)ccc4F)cc3C)cc2)C1CC(=O)O. The molecule has 6 nitrogen and oxygen atoms in total. The van der Waals surface area contributed by atoms with Gasteiger partial charge in [0.1, 0.15) is 17.3 Å². The predicted molar refractivity (Wildman–Crippen MR) is 140 cm³/mol. The summed E-state index contributed by atoms with van der Waals surface area (Å²) in [5.74, 6) is -2.27. The molecule has 3 aromatic rings. The molecule has 10 heteroatoms. The minimum Gasteiger partial charge on any atom is -0.497 e. The summed E-state index contributed by atoms with van der Waals surface area (Å²) in [6, 6.07) is 16.0. The van der Waals surface area contributed by atoms with E-state index in [0.29, 0.717) is 29.0 Å². The number of aryl methyl sites for hydroxylation is 1. The van der Waals surface area contributed by atoms with Gasteiger partial charge >= 0.3 is 12.1 Å². The molecule has 0 saturated carbocycles. The molecule has 4 rings (SSSR count). The Kier molecular flexibility index (Phi) is 8.25. The second kappa shape index (κ2) is 11.4. The molecule has 2 atom stereocenters. The van der Waals surface area contributed by atoms with Gasteiger partial charge in [0, 0.05) is 12.7 Å². The van der Waals surface area contributed by atoms with E-state index in [1.54, 1.807) is 36.4 Å². The second-order valence-electron chi connectivity index (χ2n) is 9.38. The first-order chi connectivity index (χ1) is 18.5. The summed E-state index contributed by atoms with van der Waals surface area (Å²) in [5.41, 5.74) is 3.28. The average Bonchev–Trinajstić information content (AvgIpc) is 3.24. The van der Waals surface area contributed by atoms with Gasteiger partial charge in [0.05, 0.1) is 37.8 Å². The molecule has 0 amide bonds. The zero-order chi connectivity index (χ0) is 28.3. The first-order valence-corrected chi connectivity index (χ1v) is 12.2. The normalized spacial score (nSPS) is 17.3. The number of halogens is 4. The van der Waals surface area contributed by atoms with Crippen LogP contribution in [-0.2, 0) is 16.0 Å². The Hall–Kier alpha value is -3.92. The lowest BCUT2D eigenvalue weighted by molar-refractivity contribution is -0.137. The topological polar surface area (TPSA) is 71.4 Å². The number of ether oxygens (including phenoxy) is 2. The number of hydrogen-bond acceptors (Lipinski definition) is 5. The highest BCUT2D eigenvalue weighted by Crippen LogP contribution is 2.37. The number of anilines is 1. The van der Waals surface area contributed by atoms with Crippen molar-refractivity contribution in [3.05, 3.63) is 83.2 Å². The summed E-state index contributed by atoms with van der Waals surface area (Å²) in [6.07, 6.45) is -4.71. The third-order valence-electron chi connectivity index (χ3n) is 6.79. The molecule has 2 unspecified atom stereocenters. The molecular formula is C29H28F4N2O4. The number of nitrogens with zero attached hydrogens (tertiary/aromatic N) is 2. The van der Waals surface area contributed by atoms with Gasteiger partial charge in [0.2, 0.25) is 0 Å². The van der Waals surface area contributed by atoms with Gasteiger partial charge < -0.3 is 14.6 Å². The summed E-state index contributed by atoms with van der Waals surface area (Å²) < 4.78 is 65.7. The lowest BCUT2D eigenvalue weighted by Gasteiger charge is -2.27. The van der Waals surface area contributed by atoms with E-state index < -0.39 is 36.2 Å². The molecule has 1 aliphatic rings. The van der Waals surface area contributed by atoms with Crippen LogP contribution in [0.3, 0.4) is 0 Å². The minimum atomic E-state index is -4.72. The van der Waals surface area contributed by atoms with Crippen molar-refractivity contribution >= 4 is 17.4 Å². The van der Waals surface area contributed by atoms with Gasteiger partial charge in [-0.05, 0) is 65.9 Å². The number of carboxylic acids is 1. The van der Waals surface area contributed by atoms with Crippen molar-refractivity contribution in [1.29, 1.82) is 0 Å². The maximum atomic E-state index is 14.4. The van der Waals surface area contributed by atoms with Gasteiger partial charge in [0.15, 0.2) is 0 Å². The highest BCUT2D eigenvalue weighted by atomic mass is 19.4. The van der Waals surface area contributed by atoms with Gasteiger partial charge in [-0.2, -0.15) is 18.3 Å². The summed E-state index contributed by atoms with van der Waals surface area (Å²) >= 11 is 0. The number of hydrazone groups is 1. The van der Waals surface area contributed by atoms with Crippen molar-refractivity contribution in [2.24, 2.45) is 11.0 Å². The van der Waals surface area contributed by atoms with Gasteiger partial charge in [-0.1, -0.05) is 30.3 Å². The van der Waals surface area contributed by atoms with E-state index in [2.05, 4.69) is 5.10 Å². The smallest absolute Gasteiger partial charge is 0.431 e. The van der Waals surface area contributed by atoms with E-state index in [1.807, 2.05) is 25.1 Å². The zero-order valence-corrected chi connectivity index (χ0v) is 21.6. The van der Waals surface area contributed by atoms with Crippen molar-refractivity contribution in [1.82, 2.24) is 0 Å². The number of methoxy groups -OCH3 is 2. The summed E-state index contributed by atoms with van der Waals surface area (Å²) in [4.78, 5) is 11.5. The molecule has 0 fully saturated rings. The van der Waals surface area contributed by atoms with Gasteiger partial charge in [0.25, 0.3) is 0 Å². The third kappa shape index (κ3) is 6.22. The first kappa shape index (κ1) is 28.1. The fourth-order valence-corrected chi connectivity index (χ4v) is 4.81. The zero-order valence-electron chi connectivity index (χ0n) is 21.6. The molecule has 1 N–H and O–H groups in total. The van der Waals surface area contributed by atoms with Crippen molar-refractivity contribution in [3.63, 3.8) is 0 Å². The highest BCUT2D eigenvalue weighted by Gasteiger charge is 2.50. The molecule has 0 aromatic heterocycles. The number of hydrogen-bond donors (Lipinski definition) is 1. The maximum absolute atomic E-state index is 14.4. The number of alkyl halides is 3. The molecular weight excluding hydrogens is 516 g/mol. The Morgan fingerprint density at radius 3 is 2.36 bits per heavy atom. The van der Waals surface area contributed by atoms with Crippen molar-refractivity contribution in [3.8, 4) is 16.9 Å². The highest BCUT2D eigenvalue weighted by molar-refractivity contribution is 5.96. The molecule has 0 aliphatic carbocycles. The number of benzene rings is 3. The monoisotopic (exact) mass is 544 g/mol. The fraction of sp³-hybridized carbons (Fsp3) is 0.310. The predicted octanol–water partition coefficient (Wildman–Crippen LogP) is 6.24. The molecule has 206 valence electrons. The van der Waals surface area contributed by atoms with E-state index in [4.69, 9.17) is 9.47 Å². The lowest BCUT2D eigenvalue weighted by Crippen LogP contribution is -2.40. The summed E-state index contributed by atoms with van der Waals surface area (Å²) in [5, 5.41) is 14.3. The van der Waals surface area contributed by atoms with Crippen LogP contribution in [0.5, 0.6) is 5.75 Å². The van der Waals surface area contributed by atoms with Crippen LogP contribution in [0.1, 0.15) is 23.1 Å². The second-order valence-corrected chi connectivity index (χ2v) is 9.38. The van der Waals surface area contributed by atoms with Crippen LogP contribution in [0.4, 0.5) is 23.2 Å². The van der Waals surface area contributed by atoms with Crippen molar-refractivity contribution in [2.75, 3.05) is 25.8 Å². The number of carbonyl (C=O) groups is 1. The summed E-state index contributed by atoms with van der Waals surface area (Å²) in [7, 11) is 2.79. The molecule has 3 aromatic carbocycles. The third-order valence-corrected chi connectivity index (χ3v) is 6.79. The quantitative estimate of drug-likeness (QED) is 0.323. The molecule has 0 saturated heterocycles. The largest absolute Gasteiger partial charge is 0.497 e. The van der Waals surface area contributed by atoms with E-state index in [9.17, 15) is 27.5 Å². The van der Waals surface area contributed by atoms with Crippen LogP contribution in [0.25, 0.3) is 11.1 Å². The van der Waals surface area contributed by atoms with Crippen LogP contribution in [-0.4, -0.2) is 49.8 Å². The first-order valence-electron chi connectivity index (χ1n) is 12.2.